The molecule has 0 amide bonds. The Bertz CT molecular complexity index is 387. The van der Waals surface area contributed by atoms with Crippen molar-refractivity contribution in [3.8, 4) is 0 Å². The molecule has 3 heteroatoms. The monoisotopic (exact) mass is 221 g/mol. The van der Waals surface area contributed by atoms with E-state index in [1.807, 2.05) is 6.92 Å². The van der Waals surface area contributed by atoms with Gasteiger partial charge < -0.3 is 4.74 Å². The summed E-state index contributed by atoms with van der Waals surface area (Å²) in [5.74, 6) is 0.419. The summed E-state index contributed by atoms with van der Waals surface area (Å²) >= 11 is 0. The van der Waals surface area contributed by atoms with Crippen molar-refractivity contribution >= 4 is 6.21 Å². The number of hydrogen-bond acceptors (Lipinski definition) is 2. The van der Waals surface area contributed by atoms with Crippen molar-refractivity contribution in [3.63, 3.8) is 0 Å². The molecule has 1 unspecified atom stereocenters. The highest BCUT2D eigenvalue weighted by atomic mass is 19.1. The fourth-order valence-electron chi connectivity index (χ4n) is 1.25. The van der Waals surface area contributed by atoms with Crippen molar-refractivity contribution in [2.24, 2.45) is 4.99 Å². The first kappa shape index (κ1) is 12.4. The van der Waals surface area contributed by atoms with Gasteiger partial charge in [-0.25, -0.2) is 4.39 Å². The molecular weight excluding hydrogens is 205 g/mol. The number of hydrogen-bond donors (Lipinski definition) is 0. The van der Waals surface area contributed by atoms with Crippen LogP contribution in [0.2, 0.25) is 0 Å². The molecule has 1 atom stereocenters. The molecule has 1 aromatic carbocycles. The second kappa shape index (κ2) is 6.05. The Morgan fingerprint density at radius 3 is 2.88 bits per heavy atom. The maximum Gasteiger partial charge on any atom is 0.131 e. The van der Waals surface area contributed by atoms with E-state index in [1.165, 1.54) is 6.07 Å². The van der Waals surface area contributed by atoms with Crippen LogP contribution in [0.1, 0.15) is 18.9 Å². The van der Waals surface area contributed by atoms with Crippen molar-refractivity contribution in [1.29, 1.82) is 0 Å². The Balaban J connectivity index is 2.60. The third-order valence-corrected chi connectivity index (χ3v) is 2.19. The molecule has 0 saturated carbocycles. The Morgan fingerprint density at radius 1 is 1.56 bits per heavy atom. The molecule has 0 N–H and O–H groups in total. The molecular formula is C13H16FNO. The van der Waals surface area contributed by atoms with Gasteiger partial charge in [0.1, 0.15) is 5.82 Å². The van der Waals surface area contributed by atoms with E-state index in [9.17, 15) is 4.39 Å². The van der Waals surface area contributed by atoms with Crippen molar-refractivity contribution in [1.82, 2.24) is 0 Å². The van der Waals surface area contributed by atoms with Gasteiger partial charge in [0, 0.05) is 18.2 Å². The minimum Gasteiger partial charge on any atom is -0.502 e. The number of ether oxygens (including phenoxy) is 1. The van der Waals surface area contributed by atoms with Gasteiger partial charge in [-0.2, -0.15) is 0 Å². The molecule has 0 heterocycles. The van der Waals surface area contributed by atoms with E-state index in [-0.39, 0.29) is 11.9 Å². The number of benzene rings is 1. The highest BCUT2D eigenvalue weighted by Gasteiger charge is 2.02. The van der Waals surface area contributed by atoms with Gasteiger partial charge in [-0.3, -0.25) is 4.99 Å². The second-order valence-corrected chi connectivity index (χ2v) is 3.60. The van der Waals surface area contributed by atoms with E-state index in [4.69, 9.17) is 4.74 Å². The summed E-state index contributed by atoms with van der Waals surface area (Å²) < 4.78 is 18.2. The van der Waals surface area contributed by atoms with E-state index in [1.54, 1.807) is 31.5 Å². The van der Waals surface area contributed by atoms with Crippen molar-refractivity contribution in [2.45, 2.75) is 19.4 Å². The minimum absolute atomic E-state index is 0.0343. The number of aliphatic imine (C=N–C) groups is 1. The van der Waals surface area contributed by atoms with Crippen LogP contribution in [-0.2, 0) is 4.74 Å². The fraction of sp³-hybridized carbons (Fsp3) is 0.308. The number of nitrogens with zero attached hydrogens (tertiary/aromatic N) is 1. The normalized spacial score (nSPS) is 12.7. The van der Waals surface area contributed by atoms with Crippen LogP contribution >= 0.6 is 0 Å². The van der Waals surface area contributed by atoms with Crippen LogP contribution in [-0.4, -0.2) is 19.4 Å². The zero-order valence-corrected chi connectivity index (χ0v) is 9.61. The van der Waals surface area contributed by atoms with Crippen LogP contribution in [0.15, 0.2) is 41.6 Å². The molecule has 0 saturated heterocycles. The number of rotatable bonds is 5. The first-order valence-corrected chi connectivity index (χ1v) is 5.13. The summed E-state index contributed by atoms with van der Waals surface area (Å²) in [4.78, 5) is 4.24. The van der Waals surface area contributed by atoms with E-state index in [0.29, 0.717) is 17.7 Å². The lowest BCUT2D eigenvalue weighted by atomic mass is 10.2. The lowest BCUT2D eigenvalue weighted by molar-refractivity contribution is 0.274. The van der Waals surface area contributed by atoms with Crippen LogP contribution in [0, 0.1) is 5.82 Å². The lowest BCUT2D eigenvalue weighted by Crippen LogP contribution is -2.02. The molecule has 0 aliphatic carbocycles. The van der Waals surface area contributed by atoms with Gasteiger partial charge in [-0.1, -0.05) is 24.8 Å². The Hall–Kier alpha value is -1.64. The molecule has 0 fully saturated rings. The number of methoxy groups -OCH3 is 1. The molecule has 1 rings (SSSR count). The summed E-state index contributed by atoms with van der Waals surface area (Å²) in [6.07, 6.45) is 2.18. The fourth-order valence-corrected chi connectivity index (χ4v) is 1.25. The quantitative estimate of drug-likeness (QED) is 0.552. The van der Waals surface area contributed by atoms with E-state index >= 15 is 0 Å². The zero-order chi connectivity index (χ0) is 12.0. The molecule has 0 aliphatic rings. The first-order valence-electron chi connectivity index (χ1n) is 5.13. The third kappa shape index (κ3) is 3.85. The summed E-state index contributed by atoms with van der Waals surface area (Å²) in [5.41, 5.74) is 0.498. The van der Waals surface area contributed by atoms with Crippen molar-refractivity contribution < 1.29 is 9.13 Å². The summed E-state index contributed by atoms with van der Waals surface area (Å²) in [5, 5.41) is 0. The molecule has 0 aromatic heterocycles. The average Bonchev–Trinajstić information content (AvgIpc) is 2.28. The first-order chi connectivity index (χ1) is 7.63. The smallest absolute Gasteiger partial charge is 0.131 e. The van der Waals surface area contributed by atoms with Crippen molar-refractivity contribution in [3.05, 3.63) is 48.0 Å². The summed E-state index contributed by atoms with van der Waals surface area (Å²) in [7, 11) is 1.58. The Kier molecular flexibility index (Phi) is 4.70. The Morgan fingerprint density at radius 2 is 2.25 bits per heavy atom. The molecule has 86 valence electrons. The largest absolute Gasteiger partial charge is 0.502 e. The predicted octanol–water partition coefficient (Wildman–Crippen LogP) is 3.18. The molecule has 0 aliphatic heterocycles. The molecule has 0 radical (unpaired) electrons. The summed E-state index contributed by atoms with van der Waals surface area (Å²) in [6, 6.07) is 6.58. The predicted molar refractivity (Wildman–Crippen MR) is 64.2 cm³/mol. The van der Waals surface area contributed by atoms with E-state index < -0.39 is 0 Å². The number of halogens is 1. The summed E-state index contributed by atoms with van der Waals surface area (Å²) in [6.45, 7) is 5.65. The topological polar surface area (TPSA) is 21.6 Å². The SMILES string of the molecule is C=C(CC(C)N=Cc1ccccc1F)OC. The van der Waals surface area contributed by atoms with E-state index in [2.05, 4.69) is 11.6 Å². The second-order valence-electron chi connectivity index (χ2n) is 3.60. The molecule has 2 nitrogen and oxygen atoms in total. The van der Waals surface area contributed by atoms with Crippen LogP contribution in [0.25, 0.3) is 0 Å². The van der Waals surface area contributed by atoms with Crippen LogP contribution in [0.5, 0.6) is 0 Å². The third-order valence-electron chi connectivity index (χ3n) is 2.19. The molecule has 1 aromatic rings. The van der Waals surface area contributed by atoms with E-state index in [0.717, 1.165) is 0 Å². The van der Waals surface area contributed by atoms with Gasteiger partial charge >= 0.3 is 0 Å². The van der Waals surface area contributed by atoms with Gasteiger partial charge in [0.25, 0.3) is 0 Å². The molecule has 0 bridgehead atoms. The van der Waals surface area contributed by atoms with Crippen LogP contribution in [0.3, 0.4) is 0 Å². The van der Waals surface area contributed by atoms with Crippen molar-refractivity contribution in [2.75, 3.05) is 7.11 Å². The zero-order valence-electron chi connectivity index (χ0n) is 9.61. The van der Waals surface area contributed by atoms with Gasteiger partial charge in [-0.05, 0) is 13.0 Å². The molecule has 0 spiro atoms. The Labute approximate surface area is 95.5 Å². The minimum atomic E-state index is -0.260. The maximum absolute atomic E-state index is 13.2. The average molecular weight is 221 g/mol. The lowest BCUT2D eigenvalue weighted by Gasteiger charge is -2.07. The van der Waals surface area contributed by atoms with Gasteiger partial charge in [0.05, 0.1) is 18.9 Å². The van der Waals surface area contributed by atoms with Gasteiger partial charge in [0.2, 0.25) is 0 Å². The van der Waals surface area contributed by atoms with Gasteiger partial charge in [-0.15, -0.1) is 0 Å². The highest BCUT2D eigenvalue weighted by molar-refractivity contribution is 5.79. The molecule has 16 heavy (non-hydrogen) atoms. The standard InChI is InChI=1S/C13H16FNO/c1-10(8-11(2)16-3)15-9-12-6-4-5-7-13(12)14/h4-7,9-10H,2,8H2,1,3H3. The maximum atomic E-state index is 13.2. The van der Waals surface area contributed by atoms with Crippen LogP contribution < -0.4 is 0 Å². The van der Waals surface area contributed by atoms with Gasteiger partial charge in [0.15, 0.2) is 0 Å². The van der Waals surface area contributed by atoms with Crippen LogP contribution in [0.4, 0.5) is 4.39 Å². The highest BCUT2D eigenvalue weighted by Crippen LogP contribution is 2.08.